The maximum absolute atomic E-state index is 11.6. The molecule has 1 aliphatic heterocycles. The third kappa shape index (κ3) is 2.91. The van der Waals surface area contributed by atoms with Gasteiger partial charge in [-0.2, -0.15) is 0 Å². The quantitative estimate of drug-likeness (QED) is 0.829. The smallest absolute Gasteiger partial charge is 0.321 e. The van der Waals surface area contributed by atoms with E-state index < -0.39 is 13.5 Å². The van der Waals surface area contributed by atoms with Crippen LogP contribution in [0.5, 0.6) is 0 Å². The van der Waals surface area contributed by atoms with E-state index in [4.69, 9.17) is 4.74 Å². The summed E-state index contributed by atoms with van der Waals surface area (Å²) in [5, 5.41) is -0.287. The minimum atomic E-state index is -1.38. The van der Waals surface area contributed by atoms with Gasteiger partial charge in [0.15, 0.2) is 0 Å². The number of aromatic amines is 1. The Bertz CT molecular complexity index is 582. The molecule has 3 atom stereocenters. The fraction of sp³-hybridized carbons (Fsp3) is 0.600. The van der Waals surface area contributed by atoms with Crippen LogP contribution in [0.1, 0.15) is 5.56 Å². The average Bonchev–Trinajstić information content (AvgIpc) is 2.74. The zero-order chi connectivity index (χ0) is 13.3. The van der Waals surface area contributed by atoms with Gasteiger partial charge in [0, 0.05) is 17.5 Å². The topological polar surface area (TPSA) is 81.2 Å². The second kappa shape index (κ2) is 5.38. The van der Waals surface area contributed by atoms with Crippen LogP contribution in [0.2, 0.25) is 0 Å². The third-order valence-electron chi connectivity index (χ3n) is 2.62. The molecule has 98 valence electrons. The number of H-pyrrole nitrogens is 1. The number of nitrogens with one attached hydrogen (secondary N) is 1. The van der Waals surface area contributed by atoms with Crippen LogP contribution >= 0.6 is 19.6 Å². The molecule has 1 aromatic heterocycles. The second-order valence-electron chi connectivity index (χ2n) is 4.17. The van der Waals surface area contributed by atoms with Crippen LogP contribution in [0, 0.1) is 6.92 Å². The van der Waals surface area contributed by atoms with Gasteiger partial charge in [0.1, 0.15) is 6.66 Å². The lowest BCUT2D eigenvalue weighted by molar-refractivity contribution is 0.0890. The Labute approximate surface area is 109 Å². The van der Waals surface area contributed by atoms with Gasteiger partial charge in [-0.1, -0.05) is 16.3 Å². The van der Waals surface area contributed by atoms with Gasteiger partial charge in [-0.15, -0.1) is 0 Å². The largest absolute Gasteiger partial charge is 0.378 e. The molecule has 1 saturated heterocycles. The highest BCUT2D eigenvalue weighted by atomic mass is 32.2. The SMILES string of the molecule is Cc1cn(CC2CSC([P+](C)=O)O2)c(=O)[nH]c1=O. The normalized spacial score (nSPS) is 24.2. The van der Waals surface area contributed by atoms with E-state index in [1.165, 1.54) is 22.5 Å². The number of thioether (sulfide) groups is 1. The van der Waals surface area contributed by atoms with Crippen molar-refractivity contribution in [3.05, 3.63) is 32.6 Å². The molecule has 1 aromatic rings. The first kappa shape index (κ1) is 13.5. The highest BCUT2D eigenvalue weighted by Crippen LogP contribution is 2.40. The summed E-state index contributed by atoms with van der Waals surface area (Å²) < 4.78 is 18.3. The summed E-state index contributed by atoms with van der Waals surface area (Å²) in [6, 6.07) is 0. The van der Waals surface area contributed by atoms with E-state index in [2.05, 4.69) is 4.98 Å². The van der Waals surface area contributed by atoms with E-state index in [1.807, 2.05) is 0 Å². The van der Waals surface area contributed by atoms with Gasteiger partial charge >= 0.3 is 18.7 Å². The van der Waals surface area contributed by atoms with Gasteiger partial charge in [0.2, 0.25) is 0 Å². The molecule has 1 N–H and O–H groups in total. The van der Waals surface area contributed by atoms with Gasteiger partial charge in [0.05, 0.1) is 12.6 Å². The maximum atomic E-state index is 11.6. The summed E-state index contributed by atoms with van der Waals surface area (Å²) in [5.41, 5.74) is -0.325. The highest BCUT2D eigenvalue weighted by molar-refractivity contribution is 8.04. The molecule has 0 amide bonds. The fourth-order valence-electron chi connectivity index (χ4n) is 1.69. The Kier molecular flexibility index (Phi) is 4.04. The van der Waals surface area contributed by atoms with Gasteiger partial charge < -0.3 is 4.74 Å². The van der Waals surface area contributed by atoms with Crippen molar-refractivity contribution in [2.75, 3.05) is 12.4 Å². The van der Waals surface area contributed by atoms with Gasteiger partial charge in [-0.05, 0) is 6.92 Å². The number of hydrogen-bond donors (Lipinski definition) is 1. The highest BCUT2D eigenvalue weighted by Gasteiger charge is 2.37. The van der Waals surface area contributed by atoms with E-state index in [-0.39, 0.29) is 16.8 Å². The molecule has 18 heavy (non-hydrogen) atoms. The second-order valence-corrected chi connectivity index (χ2v) is 7.17. The summed E-state index contributed by atoms with van der Waals surface area (Å²) in [4.78, 5) is 25.1. The predicted molar refractivity (Wildman–Crippen MR) is 70.7 cm³/mol. The Morgan fingerprint density at radius 2 is 2.33 bits per heavy atom. The van der Waals surface area contributed by atoms with Crippen LogP contribution in [0.3, 0.4) is 0 Å². The summed E-state index contributed by atoms with van der Waals surface area (Å²) in [6.45, 7) is 3.64. The zero-order valence-electron chi connectivity index (χ0n) is 10.1. The van der Waals surface area contributed by atoms with E-state index in [9.17, 15) is 14.2 Å². The van der Waals surface area contributed by atoms with Crippen LogP contribution in [-0.4, -0.2) is 33.2 Å². The average molecular weight is 289 g/mol. The molecule has 8 heteroatoms. The Morgan fingerprint density at radius 3 is 2.94 bits per heavy atom. The van der Waals surface area contributed by atoms with Crippen molar-refractivity contribution in [3.63, 3.8) is 0 Å². The first-order valence-corrected chi connectivity index (χ1v) is 8.27. The third-order valence-corrected chi connectivity index (χ3v) is 5.63. The molecule has 2 rings (SSSR count). The van der Waals surface area contributed by atoms with Crippen LogP contribution < -0.4 is 11.2 Å². The van der Waals surface area contributed by atoms with E-state index >= 15 is 0 Å². The first-order chi connectivity index (χ1) is 8.47. The molecule has 0 radical (unpaired) electrons. The Balaban J connectivity index is 2.12. The molecule has 0 spiro atoms. The summed E-state index contributed by atoms with van der Waals surface area (Å²) in [5.74, 6) is 0.699. The Hall–Kier alpha value is -0.910. The molecule has 1 fully saturated rings. The van der Waals surface area contributed by atoms with Crippen molar-refractivity contribution in [2.24, 2.45) is 0 Å². The van der Waals surface area contributed by atoms with Gasteiger partial charge in [-0.25, -0.2) is 4.79 Å². The molecule has 0 bridgehead atoms. The number of aryl methyl sites for hydroxylation is 1. The molecular formula is C10H14N2O4PS+. The molecule has 0 aliphatic carbocycles. The summed E-state index contributed by atoms with van der Waals surface area (Å²) >= 11 is 1.50. The lowest BCUT2D eigenvalue weighted by Crippen LogP contribution is -2.34. The fourth-order valence-corrected chi connectivity index (χ4v) is 3.93. The molecule has 0 aromatic carbocycles. The van der Waals surface area contributed by atoms with Crippen molar-refractivity contribution >= 4 is 19.6 Å². The van der Waals surface area contributed by atoms with Crippen molar-refractivity contribution in [1.82, 2.24) is 9.55 Å². The van der Waals surface area contributed by atoms with E-state index in [0.29, 0.717) is 17.9 Å². The van der Waals surface area contributed by atoms with Gasteiger partial charge in [-0.3, -0.25) is 14.3 Å². The molecule has 0 saturated carbocycles. The van der Waals surface area contributed by atoms with Crippen LogP contribution in [0.25, 0.3) is 0 Å². The Morgan fingerprint density at radius 1 is 1.61 bits per heavy atom. The molecule has 6 nitrogen and oxygen atoms in total. The maximum Gasteiger partial charge on any atom is 0.378 e. The number of rotatable bonds is 3. The van der Waals surface area contributed by atoms with Crippen molar-refractivity contribution in [1.29, 1.82) is 0 Å². The number of aromatic nitrogens is 2. The molecule has 3 unspecified atom stereocenters. The zero-order valence-corrected chi connectivity index (χ0v) is 11.8. The summed E-state index contributed by atoms with van der Waals surface area (Å²) in [6.07, 6.45) is 1.37. The van der Waals surface area contributed by atoms with E-state index in [0.717, 1.165) is 0 Å². The van der Waals surface area contributed by atoms with Gasteiger partial charge in [0.25, 0.3) is 5.56 Å². The summed E-state index contributed by atoms with van der Waals surface area (Å²) in [7, 11) is -1.38. The molecule has 2 heterocycles. The standard InChI is InChI=1S/C10H13N2O4PS/c1-6-3-12(9(14)11-8(6)13)4-7-5-18-10(16-7)17(2)15/h3,7,10H,4-5H2,1-2H3/p+1. The number of nitrogens with zero attached hydrogens (tertiary/aromatic N) is 1. The van der Waals surface area contributed by atoms with Crippen LogP contribution in [0.15, 0.2) is 15.8 Å². The van der Waals surface area contributed by atoms with Crippen LogP contribution in [0.4, 0.5) is 0 Å². The monoisotopic (exact) mass is 289 g/mol. The lowest BCUT2D eigenvalue weighted by atomic mass is 10.3. The van der Waals surface area contributed by atoms with Crippen molar-refractivity contribution in [2.45, 2.75) is 24.7 Å². The first-order valence-electron chi connectivity index (χ1n) is 5.45. The molecule has 1 aliphatic rings. The minimum absolute atomic E-state index is 0.151. The predicted octanol–water partition coefficient (Wildman–Crippen LogP) is 0.718. The minimum Gasteiger partial charge on any atom is -0.321 e. The van der Waals surface area contributed by atoms with Crippen molar-refractivity contribution < 1.29 is 9.30 Å². The number of ether oxygens (including phenoxy) is 1. The molecular weight excluding hydrogens is 275 g/mol. The lowest BCUT2D eigenvalue weighted by Gasteiger charge is -2.10. The van der Waals surface area contributed by atoms with Crippen LogP contribution in [-0.2, 0) is 15.8 Å². The van der Waals surface area contributed by atoms with E-state index in [1.54, 1.807) is 13.6 Å². The number of hydrogen-bond acceptors (Lipinski definition) is 5. The van der Waals surface area contributed by atoms with Crippen molar-refractivity contribution in [3.8, 4) is 0 Å².